The van der Waals surface area contributed by atoms with Crippen LogP contribution in [0.5, 0.6) is 0 Å². The predicted molar refractivity (Wildman–Crippen MR) is 54.1 cm³/mol. The van der Waals surface area contributed by atoms with E-state index in [-0.39, 0.29) is 5.92 Å². The van der Waals surface area contributed by atoms with Crippen LogP contribution in [0.4, 0.5) is 0 Å². The van der Waals surface area contributed by atoms with Crippen molar-refractivity contribution in [3.63, 3.8) is 0 Å². The Morgan fingerprint density at radius 2 is 2.00 bits per heavy atom. The van der Waals surface area contributed by atoms with Crippen LogP contribution in [0.2, 0.25) is 0 Å². The molecule has 0 saturated heterocycles. The Bertz CT molecular complexity index is 284. The predicted octanol–water partition coefficient (Wildman–Crippen LogP) is 1.86. The summed E-state index contributed by atoms with van der Waals surface area (Å²) in [5.41, 5.74) is 1.12. The topological polar surface area (TPSA) is 20.2 Å². The molecule has 0 aromatic heterocycles. The average Bonchev–Trinajstić information content (AvgIpc) is 2.18. The first-order valence-corrected chi connectivity index (χ1v) is 4.42. The van der Waals surface area contributed by atoms with Gasteiger partial charge in [-0.25, -0.2) is 0 Å². The quantitative estimate of drug-likeness (QED) is 0.693. The number of hydrogen-bond donors (Lipinski definition) is 1. The zero-order valence-electron chi connectivity index (χ0n) is 7.77. The maximum absolute atomic E-state index is 9.63. The molecule has 1 heteroatoms. The van der Waals surface area contributed by atoms with E-state index in [2.05, 4.69) is 5.92 Å². The third kappa shape index (κ3) is 2.93. The number of terminal acetylenes is 1. The fraction of sp³-hybridized carbons (Fsp3) is 0.333. The SMILES string of the molecule is C#C[C@H](C)[C@@H](O)Cc1ccccc1. The van der Waals surface area contributed by atoms with Crippen LogP contribution in [-0.2, 0) is 6.42 Å². The average molecular weight is 174 g/mol. The van der Waals surface area contributed by atoms with E-state index in [4.69, 9.17) is 6.42 Å². The lowest BCUT2D eigenvalue weighted by molar-refractivity contribution is 0.142. The van der Waals surface area contributed by atoms with E-state index in [1.54, 1.807) is 0 Å². The first-order chi connectivity index (χ1) is 6.24. The molecule has 1 aromatic rings. The molecule has 1 N–H and O–H groups in total. The molecule has 0 aliphatic heterocycles. The van der Waals surface area contributed by atoms with E-state index >= 15 is 0 Å². The lowest BCUT2D eigenvalue weighted by Gasteiger charge is -2.13. The first kappa shape index (κ1) is 9.83. The van der Waals surface area contributed by atoms with Gasteiger partial charge in [0.25, 0.3) is 0 Å². The molecule has 0 aliphatic carbocycles. The van der Waals surface area contributed by atoms with Crippen molar-refractivity contribution >= 4 is 0 Å². The maximum atomic E-state index is 9.63. The van der Waals surface area contributed by atoms with Gasteiger partial charge in [0, 0.05) is 5.92 Å². The largest absolute Gasteiger partial charge is 0.392 e. The highest BCUT2D eigenvalue weighted by molar-refractivity contribution is 5.16. The Balaban J connectivity index is 2.56. The molecule has 0 unspecified atom stereocenters. The molecule has 0 fully saturated rings. The molecule has 68 valence electrons. The summed E-state index contributed by atoms with van der Waals surface area (Å²) in [4.78, 5) is 0. The summed E-state index contributed by atoms with van der Waals surface area (Å²) in [6, 6.07) is 9.87. The summed E-state index contributed by atoms with van der Waals surface area (Å²) in [5.74, 6) is 2.45. The van der Waals surface area contributed by atoms with Crippen molar-refractivity contribution in [3.8, 4) is 12.3 Å². The molecule has 0 saturated carbocycles. The Morgan fingerprint density at radius 1 is 1.38 bits per heavy atom. The highest BCUT2D eigenvalue weighted by Crippen LogP contribution is 2.09. The molecular weight excluding hydrogens is 160 g/mol. The highest BCUT2D eigenvalue weighted by Gasteiger charge is 2.11. The van der Waals surface area contributed by atoms with Gasteiger partial charge >= 0.3 is 0 Å². The summed E-state index contributed by atoms with van der Waals surface area (Å²) >= 11 is 0. The molecule has 0 aliphatic rings. The summed E-state index contributed by atoms with van der Waals surface area (Å²) < 4.78 is 0. The first-order valence-electron chi connectivity index (χ1n) is 4.42. The van der Waals surface area contributed by atoms with E-state index in [0.29, 0.717) is 6.42 Å². The standard InChI is InChI=1S/C12H14O/c1-3-10(2)12(13)9-11-7-5-4-6-8-11/h1,4-8,10,12-13H,9H2,2H3/t10-,12-/m0/s1. The zero-order chi connectivity index (χ0) is 9.68. The van der Waals surface area contributed by atoms with Crippen LogP contribution >= 0.6 is 0 Å². The van der Waals surface area contributed by atoms with Gasteiger partial charge in [0.05, 0.1) is 6.10 Å². The van der Waals surface area contributed by atoms with Gasteiger partial charge < -0.3 is 5.11 Å². The normalized spacial score (nSPS) is 14.5. The number of aliphatic hydroxyl groups is 1. The molecule has 2 atom stereocenters. The maximum Gasteiger partial charge on any atom is 0.0715 e. The Morgan fingerprint density at radius 3 is 2.54 bits per heavy atom. The summed E-state index contributed by atoms with van der Waals surface area (Å²) in [7, 11) is 0. The lowest BCUT2D eigenvalue weighted by atomic mass is 9.99. The summed E-state index contributed by atoms with van der Waals surface area (Å²) in [6.07, 6.45) is 5.41. The third-order valence-electron chi connectivity index (χ3n) is 2.13. The number of aliphatic hydroxyl groups excluding tert-OH is 1. The molecule has 0 amide bonds. The van der Waals surface area contributed by atoms with Crippen LogP contribution in [0.15, 0.2) is 30.3 Å². The van der Waals surface area contributed by atoms with Crippen molar-refractivity contribution in [1.82, 2.24) is 0 Å². The number of benzene rings is 1. The fourth-order valence-corrected chi connectivity index (χ4v) is 1.14. The second-order valence-corrected chi connectivity index (χ2v) is 3.21. The van der Waals surface area contributed by atoms with Gasteiger partial charge in [-0.2, -0.15) is 0 Å². The van der Waals surface area contributed by atoms with E-state index < -0.39 is 6.10 Å². The van der Waals surface area contributed by atoms with Gasteiger partial charge in [-0.1, -0.05) is 30.3 Å². The van der Waals surface area contributed by atoms with E-state index in [1.807, 2.05) is 37.3 Å². The minimum atomic E-state index is -0.438. The van der Waals surface area contributed by atoms with Gasteiger partial charge in [-0.15, -0.1) is 12.3 Å². The molecule has 0 spiro atoms. The van der Waals surface area contributed by atoms with Gasteiger partial charge in [0.2, 0.25) is 0 Å². The van der Waals surface area contributed by atoms with E-state index in [0.717, 1.165) is 5.56 Å². The van der Waals surface area contributed by atoms with Crippen molar-refractivity contribution in [2.24, 2.45) is 5.92 Å². The molecule has 13 heavy (non-hydrogen) atoms. The van der Waals surface area contributed by atoms with Crippen molar-refractivity contribution < 1.29 is 5.11 Å². The van der Waals surface area contributed by atoms with E-state index in [1.165, 1.54) is 0 Å². The van der Waals surface area contributed by atoms with Crippen LogP contribution in [0.1, 0.15) is 12.5 Å². The van der Waals surface area contributed by atoms with Crippen molar-refractivity contribution in [1.29, 1.82) is 0 Å². The minimum Gasteiger partial charge on any atom is -0.392 e. The molecule has 1 nitrogen and oxygen atoms in total. The van der Waals surface area contributed by atoms with Crippen LogP contribution in [0.25, 0.3) is 0 Å². The van der Waals surface area contributed by atoms with Gasteiger partial charge in [0.15, 0.2) is 0 Å². The lowest BCUT2D eigenvalue weighted by Crippen LogP contribution is -2.18. The second-order valence-electron chi connectivity index (χ2n) is 3.21. The molecule has 0 bridgehead atoms. The molecule has 0 heterocycles. The number of rotatable bonds is 3. The smallest absolute Gasteiger partial charge is 0.0715 e. The molecule has 0 radical (unpaired) electrons. The van der Waals surface area contributed by atoms with Crippen molar-refractivity contribution in [2.75, 3.05) is 0 Å². The number of hydrogen-bond acceptors (Lipinski definition) is 1. The third-order valence-corrected chi connectivity index (χ3v) is 2.13. The Hall–Kier alpha value is -1.26. The van der Waals surface area contributed by atoms with Crippen LogP contribution in [0.3, 0.4) is 0 Å². The molecule has 1 rings (SSSR count). The highest BCUT2D eigenvalue weighted by atomic mass is 16.3. The fourth-order valence-electron chi connectivity index (χ4n) is 1.14. The van der Waals surface area contributed by atoms with Crippen molar-refractivity contribution in [2.45, 2.75) is 19.4 Å². The molecular formula is C12H14O. The van der Waals surface area contributed by atoms with E-state index in [9.17, 15) is 5.11 Å². The van der Waals surface area contributed by atoms with Gasteiger partial charge in [0.1, 0.15) is 0 Å². The second kappa shape index (κ2) is 4.69. The Labute approximate surface area is 79.4 Å². The van der Waals surface area contributed by atoms with Crippen LogP contribution in [-0.4, -0.2) is 11.2 Å². The summed E-state index contributed by atoms with van der Waals surface area (Å²) in [5, 5.41) is 9.63. The zero-order valence-corrected chi connectivity index (χ0v) is 7.77. The molecule has 1 aromatic carbocycles. The van der Waals surface area contributed by atoms with Crippen LogP contribution in [0, 0.1) is 18.3 Å². The van der Waals surface area contributed by atoms with Crippen molar-refractivity contribution in [3.05, 3.63) is 35.9 Å². The summed E-state index contributed by atoms with van der Waals surface area (Å²) in [6.45, 7) is 1.85. The monoisotopic (exact) mass is 174 g/mol. The van der Waals surface area contributed by atoms with Crippen LogP contribution < -0.4 is 0 Å². The van der Waals surface area contributed by atoms with Gasteiger partial charge in [-0.3, -0.25) is 0 Å². The van der Waals surface area contributed by atoms with Gasteiger partial charge in [-0.05, 0) is 18.9 Å². The minimum absolute atomic E-state index is 0.0831. The Kier molecular flexibility index (Phi) is 3.54.